The van der Waals surface area contributed by atoms with Crippen LogP contribution in [-0.2, 0) is 17.8 Å². The van der Waals surface area contributed by atoms with Crippen molar-refractivity contribution in [3.8, 4) is 5.75 Å². The molecular weight excluding hydrogens is 230 g/mol. The van der Waals surface area contributed by atoms with Gasteiger partial charge >= 0.3 is 0 Å². The first-order valence-electron chi connectivity index (χ1n) is 5.73. The minimum Gasteiger partial charge on any atom is -0.508 e. The molecule has 4 heteroatoms. The number of aryl methyl sites for hydroxylation is 1. The smallest absolute Gasteiger partial charge is 0.224 e. The summed E-state index contributed by atoms with van der Waals surface area (Å²) in [5.74, 6) is 1.63. The lowest BCUT2D eigenvalue weighted by molar-refractivity contribution is -0.120. The lowest BCUT2D eigenvalue weighted by atomic mass is 10.1. The fourth-order valence-corrected chi connectivity index (χ4v) is 1.68. The number of hydrogen-bond donors (Lipinski definition) is 2. The topological polar surface area (TPSA) is 62.5 Å². The molecule has 1 aromatic heterocycles. The second-order valence-corrected chi connectivity index (χ2v) is 4.14. The maximum atomic E-state index is 11.7. The fraction of sp³-hybridized carbons (Fsp3) is 0.214. The van der Waals surface area contributed by atoms with E-state index >= 15 is 0 Å². The van der Waals surface area contributed by atoms with Crippen LogP contribution in [0.4, 0.5) is 0 Å². The van der Waals surface area contributed by atoms with Crippen LogP contribution in [0, 0.1) is 6.92 Å². The second-order valence-electron chi connectivity index (χ2n) is 4.14. The van der Waals surface area contributed by atoms with E-state index in [9.17, 15) is 9.90 Å². The van der Waals surface area contributed by atoms with Gasteiger partial charge in [-0.3, -0.25) is 4.79 Å². The van der Waals surface area contributed by atoms with Crippen molar-refractivity contribution < 1.29 is 14.3 Å². The number of nitrogens with one attached hydrogen (secondary N) is 1. The normalized spacial score (nSPS) is 10.3. The highest BCUT2D eigenvalue weighted by molar-refractivity contribution is 5.78. The standard InChI is InChI=1S/C14H15NO3/c1-10-5-6-13(18-10)9-15-14(17)8-11-3-2-4-12(16)7-11/h2-7,16H,8-9H2,1H3,(H,15,17). The van der Waals surface area contributed by atoms with Gasteiger partial charge in [0.25, 0.3) is 0 Å². The molecule has 0 aliphatic carbocycles. The molecule has 1 aromatic carbocycles. The van der Waals surface area contributed by atoms with Crippen LogP contribution >= 0.6 is 0 Å². The van der Waals surface area contributed by atoms with Crippen LogP contribution in [0.1, 0.15) is 17.1 Å². The Morgan fingerprint density at radius 1 is 1.33 bits per heavy atom. The van der Waals surface area contributed by atoms with E-state index in [1.807, 2.05) is 19.1 Å². The zero-order chi connectivity index (χ0) is 13.0. The highest BCUT2D eigenvalue weighted by Crippen LogP contribution is 2.11. The van der Waals surface area contributed by atoms with E-state index in [-0.39, 0.29) is 18.1 Å². The molecular formula is C14H15NO3. The molecule has 94 valence electrons. The van der Waals surface area contributed by atoms with Crippen molar-refractivity contribution in [1.82, 2.24) is 5.32 Å². The van der Waals surface area contributed by atoms with Crippen molar-refractivity contribution in [3.63, 3.8) is 0 Å². The van der Waals surface area contributed by atoms with Crippen LogP contribution in [0.3, 0.4) is 0 Å². The van der Waals surface area contributed by atoms with E-state index in [1.165, 1.54) is 0 Å². The number of carbonyl (C=O) groups is 1. The summed E-state index contributed by atoms with van der Waals surface area (Å²) in [5.41, 5.74) is 0.781. The summed E-state index contributed by atoms with van der Waals surface area (Å²) in [4.78, 5) is 11.7. The number of furan rings is 1. The maximum absolute atomic E-state index is 11.7. The van der Waals surface area contributed by atoms with Crippen LogP contribution in [0.5, 0.6) is 5.75 Å². The lowest BCUT2D eigenvalue weighted by Gasteiger charge is -2.04. The van der Waals surface area contributed by atoms with E-state index < -0.39 is 0 Å². The molecule has 1 amide bonds. The summed E-state index contributed by atoms with van der Waals surface area (Å²) in [6, 6.07) is 10.4. The average molecular weight is 245 g/mol. The summed E-state index contributed by atoms with van der Waals surface area (Å²) < 4.78 is 5.35. The zero-order valence-electron chi connectivity index (χ0n) is 10.1. The van der Waals surface area contributed by atoms with Crippen molar-refractivity contribution in [2.24, 2.45) is 0 Å². The Morgan fingerprint density at radius 3 is 2.83 bits per heavy atom. The number of hydrogen-bond acceptors (Lipinski definition) is 3. The van der Waals surface area contributed by atoms with Crippen molar-refractivity contribution in [3.05, 3.63) is 53.5 Å². The largest absolute Gasteiger partial charge is 0.508 e. The second kappa shape index (κ2) is 5.40. The first-order valence-corrected chi connectivity index (χ1v) is 5.73. The first kappa shape index (κ1) is 12.2. The summed E-state index contributed by atoms with van der Waals surface area (Å²) >= 11 is 0. The Kier molecular flexibility index (Phi) is 3.67. The van der Waals surface area contributed by atoms with E-state index in [1.54, 1.807) is 24.3 Å². The number of phenolic OH excluding ortho intramolecular Hbond substituents is 1. The van der Waals surface area contributed by atoms with Gasteiger partial charge in [-0.2, -0.15) is 0 Å². The van der Waals surface area contributed by atoms with Crippen LogP contribution < -0.4 is 5.32 Å². The van der Waals surface area contributed by atoms with Gasteiger partial charge in [0.15, 0.2) is 0 Å². The molecule has 0 bridgehead atoms. The molecule has 0 unspecified atom stereocenters. The maximum Gasteiger partial charge on any atom is 0.224 e. The minimum atomic E-state index is -0.102. The molecule has 0 radical (unpaired) electrons. The van der Waals surface area contributed by atoms with E-state index in [0.717, 1.165) is 17.1 Å². The molecule has 0 fully saturated rings. The van der Waals surface area contributed by atoms with Gasteiger partial charge in [0.2, 0.25) is 5.91 Å². The quantitative estimate of drug-likeness (QED) is 0.867. The Bertz CT molecular complexity index is 545. The van der Waals surface area contributed by atoms with Gasteiger partial charge < -0.3 is 14.8 Å². The van der Waals surface area contributed by atoms with Crippen molar-refractivity contribution in [1.29, 1.82) is 0 Å². The third kappa shape index (κ3) is 3.38. The predicted molar refractivity (Wildman–Crippen MR) is 67.1 cm³/mol. The van der Waals surface area contributed by atoms with Gasteiger partial charge in [-0.1, -0.05) is 12.1 Å². The zero-order valence-corrected chi connectivity index (χ0v) is 10.1. The van der Waals surface area contributed by atoms with Crippen LogP contribution in [0.2, 0.25) is 0 Å². The molecule has 0 aliphatic rings. The predicted octanol–water partition coefficient (Wildman–Crippen LogP) is 2.15. The lowest BCUT2D eigenvalue weighted by Crippen LogP contribution is -2.24. The third-order valence-electron chi connectivity index (χ3n) is 2.53. The number of aromatic hydroxyl groups is 1. The Balaban J connectivity index is 1.85. The fourth-order valence-electron chi connectivity index (χ4n) is 1.68. The minimum absolute atomic E-state index is 0.102. The van der Waals surface area contributed by atoms with Gasteiger partial charge in [-0.15, -0.1) is 0 Å². The van der Waals surface area contributed by atoms with Gasteiger partial charge in [-0.05, 0) is 36.8 Å². The van der Waals surface area contributed by atoms with E-state index in [0.29, 0.717) is 6.54 Å². The van der Waals surface area contributed by atoms with Gasteiger partial charge in [0.05, 0.1) is 13.0 Å². The molecule has 0 saturated heterocycles. The van der Waals surface area contributed by atoms with Gasteiger partial charge in [0, 0.05) is 0 Å². The molecule has 2 N–H and O–H groups in total. The molecule has 0 saturated carbocycles. The van der Waals surface area contributed by atoms with Crippen molar-refractivity contribution >= 4 is 5.91 Å². The van der Waals surface area contributed by atoms with Crippen LogP contribution in [0.15, 0.2) is 40.8 Å². The summed E-state index contributed by atoms with van der Waals surface area (Å²) in [7, 11) is 0. The van der Waals surface area contributed by atoms with E-state index in [2.05, 4.69) is 5.32 Å². The number of phenols is 1. The highest BCUT2D eigenvalue weighted by atomic mass is 16.3. The monoisotopic (exact) mass is 245 g/mol. The number of benzene rings is 1. The molecule has 1 heterocycles. The SMILES string of the molecule is Cc1ccc(CNC(=O)Cc2cccc(O)c2)o1. The average Bonchev–Trinajstić information content (AvgIpc) is 2.73. The molecule has 2 rings (SSSR count). The molecule has 0 spiro atoms. The van der Waals surface area contributed by atoms with Crippen LogP contribution in [-0.4, -0.2) is 11.0 Å². The summed E-state index contributed by atoms with van der Waals surface area (Å²) in [6.45, 7) is 2.24. The number of carbonyl (C=O) groups excluding carboxylic acids is 1. The summed E-state index contributed by atoms with van der Waals surface area (Å²) in [6.07, 6.45) is 0.244. The van der Waals surface area contributed by atoms with E-state index in [4.69, 9.17) is 4.42 Å². The number of rotatable bonds is 4. The first-order chi connectivity index (χ1) is 8.63. The number of amides is 1. The van der Waals surface area contributed by atoms with Gasteiger partial charge in [-0.25, -0.2) is 0 Å². The summed E-state index contributed by atoms with van der Waals surface area (Å²) in [5, 5.41) is 12.1. The van der Waals surface area contributed by atoms with Crippen LogP contribution in [0.25, 0.3) is 0 Å². The Hall–Kier alpha value is -2.23. The Labute approximate surface area is 105 Å². The molecule has 2 aromatic rings. The molecule has 0 aliphatic heterocycles. The highest BCUT2D eigenvalue weighted by Gasteiger charge is 2.05. The van der Waals surface area contributed by atoms with Crippen molar-refractivity contribution in [2.75, 3.05) is 0 Å². The Morgan fingerprint density at radius 2 is 2.17 bits per heavy atom. The van der Waals surface area contributed by atoms with Gasteiger partial charge in [0.1, 0.15) is 17.3 Å². The molecule has 18 heavy (non-hydrogen) atoms. The molecule has 4 nitrogen and oxygen atoms in total. The van der Waals surface area contributed by atoms with Crippen molar-refractivity contribution in [2.45, 2.75) is 19.9 Å². The third-order valence-corrected chi connectivity index (χ3v) is 2.53. The molecule has 0 atom stereocenters.